The van der Waals surface area contributed by atoms with Crippen molar-refractivity contribution in [1.82, 2.24) is 10.3 Å². The van der Waals surface area contributed by atoms with Crippen molar-refractivity contribution in [2.75, 3.05) is 11.9 Å². The standard InChI is InChI=1S/C25H22ClN3O4S/c1-4-32-21-8-5-15(11-18(21)26)23(31)29-25(34)27-16-6-7-17(20(30)12-16)24-28-19-10-13(2)9-14(3)22(19)33-24/h5-12,30H,4H2,1-3H3,(H2,27,29,31,34). The van der Waals surface area contributed by atoms with E-state index in [0.717, 1.165) is 16.6 Å². The molecule has 0 aliphatic rings. The van der Waals surface area contributed by atoms with E-state index >= 15 is 0 Å². The maximum Gasteiger partial charge on any atom is 0.257 e. The highest BCUT2D eigenvalue weighted by Crippen LogP contribution is 2.34. The van der Waals surface area contributed by atoms with Crippen LogP contribution in [0.1, 0.15) is 28.4 Å². The first-order valence-electron chi connectivity index (χ1n) is 10.5. The van der Waals surface area contributed by atoms with Gasteiger partial charge < -0.3 is 19.6 Å². The Hall–Kier alpha value is -3.62. The lowest BCUT2D eigenvalue weighted by Crippen LogP contribution is -2.34. The molecule has 0 spiro atoms. The highest BCUT2D eigenvalue weighted by molar-refractivity contribution is 7.80. The molecule has 1 aromatic heterocycles. The lowest BCUT2D eigenvalue weighted by Gasteiger charge is -2.12. The van der Waals surface area contributed by atoms with Gasteiger partial charge in [0.1, 0.15) is 17.0 Å². The number of phenols is 1. The fourth-order valence-corrected chi connectivity index (χ4v) is 3.98. The van der Waals surface area contributed by atoms with Crippen molar-refractivity contribution in [3.8, 4) is 23.0 Å². The fourth-order valence-electron chi connectivity index (χ4n) is 3.53. The number of benzene rings is 3. The third-order valence-corrected chi connectivity index (χ3v) is 5.53. The molecule has 174 valence electrons. The molecule has 0 unspecified atom stereocenters. The van der Waals surface area contributed by atoms with Gasteiger partial charge in [0.2, 0.25) is 5.89 Å². The monoisotopic (exact) mass is 495 g/mol. The van der Waals surface area contributed by atoms with Crippen molar-refractivity contribution in [3.63, 3.8) is 0 Å². The summed E-state index contributed by atoms with van der Waals surface area (Å²) in [6.45, 7) is 6.26. The predicted molar refractivity (Wildman–Crippen MR) is 137 cm³/mol. The van der Waals surface area contributed by atoms with Crippen molar-refractivity contribution < 1.29 is 19.1 Å². The average molecular weight is 496 g/mol. The predicted octanol–water partition coefficient (Wildman–Crippen LogP) is 6.00. The van der Waals surface area contributed by atoms with Gasteiger partial charge in [-0.3, -0.25) is 10.1 Å². The van der Waals surface area contributed by atoms with Gasteiger partial charge >= 0.3 is 0 Å². The Balaban J connectivity index is 1.46. The molecule has 0 saturated carbocycles. The second kappa shape index (κ2) is 9.70. The fraction of sp³-hybridized carbons (Fsp3) is 0.160. The molecule has 7 nitrogen and oxygen atoms in total. The minimum atomic E-state index is -0.430. The summed E-state index contributed by atoms with van der Waals surface area (Å²) in [6, 6.07) is 13.5. The number of aryl methyl sites for hydroxylation is 2. The van der Waals surface area contributed by atoms with Crippen LogP contribution in [0, 0.1) is 13.8 Å². The van der Waals surface area contributed by atoms with Crippen LogP contribution in [0.15, 0.2) is 52.9 Å². The first-order chi connectivity index (χ1) is 16.2. The molecule has 0 bridgehead atoms. The first kappa shape index (κ1) is 23.5. The molecule has 1 heterocycles. The van der Waals surface area contributed by atoms with Crippen LogP contribution in [0.2, 0.25) is 5.02 Å². The summed E-state index contributed by atoms with van der Waals surface area (Å²) >= 11 is 11.4. The highest BCUT2D eigenvalue weighted by Gasteiger charge is 2.16. The normalized spacial score (nSPS) is 10.8. The molecule has 4 rings (SSSR count). The van der Waals surface area contributed by atoms with Crippen LogP contribution < -0.4 is 15.4 Å². The summed E-state index contributed by atoms with van der Waals surface area (Å²) in [7, 11) is 0. The summed E-state index contributed by atoms with van der Waals surface area (Å²) < 4.78 is 11.3. The largest absolute Gasteiger partial charge is 0.507 e. The number of ether oxygens (including phenoxy) is 1. The van der Waals surface area contributed by atoms with E-state index in [4.69, 9.17) is 33.0 Å². The molecule has 0 fully saturated rings. The average Bonchev–Trinajstić information content (AvgIpc) is 3.19. The number of rotatable bonds is 5. The molecule has 3 aromatic carbocycles. The van der Waals surface area contributed by atoms with Gasteiger partial charge in [-0.2, -0.15) is 0 Å². The third-order valence-electron chi connectivity index (χ3n) is 5.03. The van der Waals surface area contributed by atoms with Crippen LogP contribution in [-0.2, 0) is 0 Å². The van der Waals surface area contributed by atoms with Crippen molar-refractivity contribution in [2.24, 2.45) is 0 Å². The molecule has 0 saturated heterocycles. The zero-order valence-electron chi connectivity index (χ0n) is 18.7. The minimum Gasteiger partial charge on any atom is -0.507 e. The number of anilines is 1. The molecule has 0 aliphatic carbocycles. The van der Waals surface area contributed by atoms with E-state index in [9.17, 15) is 9.90 Å². The zero-order valence-corrected chi connectivity index (χ0v) is 20.3. The van der Waals surface area contributed by atoms with E-state index in [2.05, 4.69) is 15.6 Å². The smallest absolute Gasteiger partial charge is 0.257 e. The molecule has 0 atom stereocenters. The molecule has 3 N–H and O–H groups in total. The number of phenolic OH excluding ortho intramolecular Hbond substituents is 1. The summed E-state index contributed by atoms with van der Waals surface area (Å²) in [5, 5.41) is 16.4. The number of fused-ring (bicyclic) bond motifs is 1. The van der Waals surface area contributed by atoms with E-state index < -0.39 is 5.91 Å². The Morgan fingerprint density at radius 3 is 2.68 bits per heavy atom. The zero-order chi connectivity index (χ0) is 24.4. The Morgan fingerprint density at radius 1 is 1.18 bits per heavy atom. The number of halogens is 1. The summed E-state index contributed by atoms with van der Waals surface area (Å²) in [4.78, 5) is 17.0. The van der Waals surface area contributed by atoms with Crippen LogP contribution in [0.25, 0.3) is 22.6 Å². The van der Waals surface area contributed by atoms with Gasteiger partial charge in [-0.05, 0) is 80.5 Å². The summed E-state index contributed by atoms with van der Waals surface area (Å²) in [5.74, 6) is 0.344. The van der Waals surface area contributed by atoms with E-state index in [1.165, 1.54) is 12.1 Å². The Bertz CT molecular complexity index is 1420. The van der Waals surface area contributed by atoms with E-state index in [1.54, 1.807) is 24.3 Å². The van der Waals surface area contributed by atoms with Crippen LogP contribution in [0.4, 0.5) is 5.69 Å². The molecule has 9 heteroatoms. The van der Waals surface area contributed by atoms with Crippen LogP contribution >= 0.6 is 23.8 Å². The van der Waals surface area contributed by atoms with Gasteiger partial charge in [-0.25, -0.2) is 4.98 Å². The molecule has 4 aromatic rings. The summed E-state index contributed by atoms with van der Waals surface area (Å²) in [6.07, 6.45) is 0. The maximum absolute atomic E-state index is 12.5. The lowest BCUT2D eigenvalue weighted by molar-refractivity contribution is 0.0977. The van der Waals surface area contributed by atoms with Crippen molar-refractivity contribution >= 4 is 51.6 Å². The third kappa shape index (κ3) is 4.98. The van der Waals surface area contributed by atoms with Crippen LogP contribution in [0.3, 0.4) is 0 Å². The number of nitrogens with zero attached hydrogens (tertiary/aromatic N) is 1. The molecule has 0 radical (unpaired) electrons. The van der Waals surface area contributed by atoms with E-state index in [1.807, 2.05) is 32.9 Å². The Labute approximate surface area is 206 Å². The topological polar surface area (TPSA) is 96.6 Å². The number of nitrogens with one attached hydrogen (secondary N) is 2. The second-order valence-electron chi connectivity index (χ2n) is 7.67. The summed E-state index contributed by atoms with van der Waals surface area (Å²) in [5.41, 5.74) is 4.72. The maximum atomic E-state index is 12.5. The SMILES string of the molecule is CCOc1ccc(C(=O)NC(=S)Nc2ccc(-c3nc4cc(C)cc(C)c4o3)c(O)c2)cc1Cl. The molecule has 1 amide bonds. The molecular formula is C25H22ClN3O4S. The van der Waals surface area contributed by atoms with Crippen molar-refractivity contribution in [2.45, 2.75) is 20.8 Å². The quantitative estimate of drug-likeness (QED) is 0.292. The second-order valence-corrected chi connectivity index (χ2v) is 8.48. The number of thiocarbonyl (C=S) groups is 1. The highest BCUT2D eigenvalue weighted by atomic mass is 35.5. The van der Waals surface area contributed by atoms with Crippen molar-refractivity contribution in [1.29, 1.82) is 0 Å². The van der Waals surface area contributed by atoms with Crippen molar-refractivity contribution in [3.05, 3.63) is 70.2 Å². The molecule has 34 heavy (non-hydrogen) atoms. The number of carbonyl (C=O) groups excluding carboxylic acids is 1. The van der Waals surface area contributed by atoms with Gasteiger partial charge in [0.25, 0.3) is 5.91 Å². The van der Waals surface area contributed by atoms with Crippen LogP contribution in [0.5, 0.6) is 11.5 Å². The first-order valence-corrected chi connectivity index (χ1v) is 11.3. The van der Waals surface area contributed by atoms with Gasteiger partial charge in [-0.15, -0.1) is 0 Å². The van der Waals surface area contributed by atoms with Gasteiger partial charge in [-0.1, -0.05) is 17.7 Å². The van der Waals surface area contributed by atoms with Gasteiger partial charge in [0.15, 0.2) is 10.7 Å². The lowest BCUT2D eigenvalue weighted by atomic mass is 10.1. The van der Waals surface area contributed by atoms with Gasteiger partial charge in [0.05, 0.1) is 17.2 Å². The van der Waals surface area contributed by atoms with Gasteiger partial charge in [0, 0.05) is 17.3 Å². The number of aromatic hydroxyl groups is 1. The molecular weight excluding hydrogens is 474 g/mol. The number of aromatic nitrogens is 1. The molecule has 0 aliphatic heterocycles. The Kier molecular flexibility index (Phi) is 6.72. The minimum absolute atomic E-state index is 0.0432. The Morgan fingerprint density at radius 2 is 1.97 bits per heavy atom. The number of oxazole rings is 1. The number of carbonyl (C=O) groups is 1. The number of amides is 1. The number of hydrogen-bond acceptors (Lipinski definition) is 6. The van der Waals surface area contributed by atoms with E-state index in [-0.39, 0.29) is 10.9 Å². The van der Waals surface area contributed by atoms with Crippen LogP contribution in [-0.4, -0.2) is 27.7 Å². The van der Waals surface area contributed by atoms with E-state index in [0.29, 0.717) is 45.7 Å². The number of hydrogen-bond donors (Lipinski definition) is 3.